The molecule has 1 aliphatic rings. The summed E-state index contributed by atoms with van der Waals surface area (Å²) in [6, 6.07) is 11.6. The second-order valence-corrected chi connectivity index (χ2v) is 5.93. The first-order valence-corrected chi connectivity index (χ1v) is 8.06. The van der Waals surface area contributed by atoms with Crippen LogP contribution in [0.15, 0.2) is 30.3 Å². The summed E-state index contributed by atoms with van der Waals surface area (Å²) >= 11 is 0. The van der Waals surface area contributed by atoms with Crippen LogP contribution in [-0.4, -0.2) is 52.0 Å². The second-order valence-electron chi connectivity index (χ2n) is 5.93. The number of hydrogen-bond acceptors (Lipinski definition) is 4. The Kier molecular flexibility index (Phi) is 7.00. The Bertz CT molecular complexity index is 379. The molecule has 0 amide bonds. The Labute approximate surface area is 128 Å². The number of para-hydroxylation sites is 1. The molecule has 1 aromatic rings. The molecule has 21 heavy (non-hydrogen) atoms. The zero-order valence-corrected chi connectivity index (χ0v) is 13.3. The quantitative estimate of drug-likeness (QED) is 0.717. The molecule has 118 valence electrons. The smallest absolute Gasteiger partial charge is 0.0620 e. The van der Waals surface area contributed by atoms with E-state index in [4.69, 9.17) is 4.74 Å². The fourth-order valence-electron chi connectivity index (χ4n) is 2.76. The highest BCUT2D eigenvalue weighted by Gasteiger charge is 2.15. The van der Waals surface area contributed by atoms with E-state index in [2.05, 4.69) is 59.8 Å². The van der Waals surface area contributed by atoms with Crippen molar-refractivity contribution < 1.29 is 4.74 Å². The summed E-state index contributed by atoms with van der Waals surface area (Å²) in [5, 5.41) is 7.12. The van der Waals surface area contributed by atoms with Gasteiger partial charge in [-0.15, -0.1) is 0 Å². The lowest BCUT2D eigenvalue weighted by molar-refractivity contribution is 0.0712. The van der Waals surface area contributed by atoms with Crippen LogP contribution < -0.4 is 15.5 Å². The molecule has 0 radical (unpaired) electrons. The van der Waals surface area contributed by atoms with Gasteiger partial charge in [-0.25, -0.2) is 0 Å². The van der Waals surface area contributed by atoms with Crippen LogP contribution in [-0.2, 0) is 4.74 Å². The van der Waals surface area contributed by atoms with Gasteiger partial charge in [0.15, 0.2) is 0 Å². The van der Waals surface area contributed by atoms with Crippen molar-refractivity contribution in [3.05, 3.63) is 30.3 Å². The van der Waals surface area contributed by atoms with Crippen LogP contribution in [0.25, 0.3) is 0 Å². The average molecular weight is 291 g/mol. The van der Waals surface area contributed by atoms with E-state index in [-0.39, 0.29) is 0 Å². The van der Waals surface area contributed by atoms with E-state index in [1.165, 1.54) is 5.69 Å². The fourth-order valence-corrected chi connectivity index (χ4v) is 2.76. The molecule has 2 N–H and O–H groups in total. The Morgan fingerprint density at radius 1 is 1.38 bits per heavy atom. The summed E-state index contributed by atoms with van der Waals surface area (Å²) in [7, 11) is 2.15. The van der Waals surface area contributed by atoms with Gasteiger partial charge in [0.2, 0.25) is 0 Å². The van der Waals surface area contributed by atoms with Crippen LogP contribution in [0.4, 0.5) is 5.69 Å². The van der Waals surface area contributed by atoms with Crippen LogP contribution in [0.5, 0.6) is 0 Å². The summed E-state index contributed by atoms with van der Waals surface area (Å²) in [6.45, 7) is 7.09. The highest BCUT2D eigenvalue weighted by molar-refractivity contribution is 5.44. The Morgan fingerprint density at radius 2 is 2.19 bits per heavy atom. The van der Waals surface area contributed by atoms with Crippen molar-refractivity contribution in [2.45, 2.75) is 31.8 Å². The molecule has 2 unspecified atom stereocenters. The number of nitrogens with zero attached hydrogens (tertiary/aromatic N) is 1. The molecule has 1 heterocycles. The number of morpholine rings is 1. The second kappa shape index (κ2) is 9.03. The maximum absolute atomic E-state index is 5.49. The lowest BCUT2D eigenvalue weighted by Crippen LogP contribution is -2.45. The zero-order valence-electron chi connectivity index (χ0n) is 13.3. The third-order valence-corrected chi connectivity index (χ3v) is 4.00. The predicted molar refractivity (Wildman–Crippen MR) is 89.0 cm³/mol. The van der Waals surface area contributed by atoms with Gasteiger partial charge in [0.05, 0.1) is 13.2 Å². The molecule has 4 nitrogen and oxygen atoms in total. The minimum Gasteiger partial charge on any atom is -0.379 e. The number of rotatable bonds is 8. The Balaban J connectivity index is 1.56. The standard InChI is InChI=1S/C17H29N3O/c1-15(13-16-14-21-12-10-19-16)18-9-6-11-20(2)17-7-4-3-5-8-17/h3-5,7-8,15-16,18-19H,6,9-14H2,1-2H3. The van der Waals surface area contributed by atoms with Crippen molar-refractivity contribution in [2.24, 2.45) is 0 Å². The van der Waals surface area contributed by atoms with Gasteiger partial charge in [0, 0.05) is 37.9 Å². The van der Waals surface area contributed by atoms with Crippen molar-refractivity contribution in [2.75, 3.05) is 44.8 Å². The molecule has 1 fully saturated rings. The molecule has 0 saturated carbocycles. The maximum atomic E-state index is 5.49. The minimum absolute atomic E-state index is 0.508. The monoisotopic (exact) mass is 291 g/mol. The first kappa shape index (κ1) is 16.3. The molecule has 0 aliphatic carbocycles. The molecular formula is C17H29N3O. The van der Waals surface area contributed by atoms with Gasteiger partial charge in [-0.3, -0.25) is 0 Å². The third-order valence-electron chi connectivity index (χ3n) is 4.00. The summed E-state index contributed by atoms with van der Waals surface area (Å²) in [5.41, 5.74) is 1.29. The molecule has 2 atom stereocenters. The predicted octanol–water partition coefficient (Wildman–Crippen LogP) is 1.87. The molecular weight excluding hydrogens is 262 g/mol. The lowest BCUT2D eigenvalue weighted by atomic mass is 10.1. The van der Waals surface area contributed by atoms with Crippen molar-refractivity contribution in [3.8, 4) is 0 Å². The first-order valence-electron chi connectivity index (χ1n) is 8.06. The van der Waals surface area contributed by atoms with Gasteiger partial charge < -0.3 is 20.3 Å². The molecule has 0 bridgehead atoms. The summed E-state index contributed by atoms with van der Waals surface area (Å²) < 4.78 is 5.49. The molecule has 4 heteroatoms. The molecule has 0 aromatic heterocycles. The molecule has 1 saturated heterocycles. The van der Waals surface area contributed by atoms with E-state index in [1.807, 2.05) is 0 Å². The van der Waals surface area contributed by atoms with E-state index in [1.54, 1.807) is 0 Å². The van der Waals surface area contributed by atoms with Gasteiger partial charge in [0.1, 0.15) is 0 Å². The van der Waals surface area contributed by atoms with Crippen LogP contribution in [0.3, 0.4) is 0 Å². The van der Waals surface area contributed by atoms with Crippen molar-refractivity contribution >= 4 is 5.69 Å². The zero-order chi connectivity index (χ0) is 14.9. The fraction of sp³-hybridized carbons (Fsp3) is 0.647. The largest absolute Gasteiger partial charge is 0.379 e. The van der Waals surface area contributed by atoms with Gasteiger partial charge >= 0.3 is 0 Å². The minimum atomic E-state index is 0.508. The van der Waals surface area contributed by atoms with Crippen LogP contribution in [0.2, 0.25) is 0 Å². The molecule has 1 aromatic carbocycles. The number of benzene rings is 1. The summed E-state index contributed by atoms with van der Waals surface area (Å²) in [6.07, 6.45) is 2.29. The molecule has 2 rings (SSSR count). The van der Waals surface area contributed by atoms with Gasteiger partial charge in [-0.2, -0.15) is 0 Å². The van der Waals surface area contributed by atoms with Crippen LogP contribution in [0.1, 0.15) is 19.8 Å². The highest BCUT2D eigenvalue weighted by Crippen LogP contribution is 2.10. The van der Waals surface area contributed by atoms with E-state index >= 15 is 0 Å². The summed E-state index contributed by atoms with van der Waals surface area (Å²) in [4.78, 5) is 2.31. The third kappa shape index (κ3) is 6.04. The van der Waals surface area contributed by atoms with Crippen LogP contribution >= 0.6 is 0 Å². The van der Waals surface area contributed by atoms with Crippen molar-refractivity contribution in [1.29, 1.82) is 0 Å². The Morgan fingerprint density at radius 3 is 2.90 bits per heavy atom. The van der Waals surface area contributed by atoms with E-state index in [9.17, 15) is 0 Å². The normalized spacial score (nSPS) is 20.2. The summed E-state index contributed by atoms with van der Waals surface area (Å²) in [5.74, 6) is 0. The van der Waals surface area contributed by atoms with Crippen molar-refractivity contribution in [3.63, 3.8) is 0 Å². The average Bonchev–Trinajstić information content (AvgIpc) is 2.53. The van der Waals surface area contributed by atoms with Crippen LogP contribution in [0, 0.1) is 0 Å². The van der Waals surface area contributed by atoms with E-state index in [0.717, 1.165) is 45.7 Å². The number of hydrogen-bond donors (Lipinski definition) is 2. The van der Waals surface area contributed by atoms with Crippen molar-refractivity contribution in [1.82, 2.24) is 10.6 Å². The topological polar surface area (TPSA) is 36.5 Å². The first-order chi connectivity index (χ1) is 10.3. The highest BCUT2D eigenvalue weighted by atomic mass is 16.5. The number of ether oxygens (including phenoxy) is 1. The van der Waals surface area contributed by atoms with E-state index < -0.39 is 0 Å². The number of nitrogens with one attached hydrogen (secondary N) is 2. The van der Waals surface area contributed by atoms with Gasteiger partial charge in [-0.1, -0.05) is 18.2 Å². The maximum Gasteiger partial charge on any atom is 0.0620 e. The molecule has 0 spiro atoms. The Hall–Kier alpha value is -1.10. The lowest BCUT2D eigenvalue weighted by Gasteiger charge is -2.27. The van der Waals surface area contributed by atoms with Gasteiger partial charge in [0.25, 0.3) is 0 Å². The molecule has 1 aliphatic heterocycles. The SMILES string of the molecule is CC(CC1COCCN1)NCCCN(C)c1ccccc1. The number of anilines is 1. The van der Waals surface area contributed by atoms with E-state index in [0.29, 0.717) is 12.1 Å². The van der Waals surface area contributed by atoms with Gasteiger partial charge in [-0.05, 0) is 38.4 Å².